The van der Waals surface area contributed by atoms with Crippen LogP contribution in [0.2, 0.25) is 0 Å². The quantitative estimate of drug-likeness (QED) is 0.844. The largest absolute Gasteiger partial charge is 0.480 e. The van der Waals surface area contributed by atoms with Crippen molar-refractivity contribution in [2.75, 3.05) is 5.75 Å². The molecule has 2 aromatic rings. The molecule has 3 N–H and O–H groups in total. The molecule has 1 unspecified atom stereocenters. The second kappa shape index (κ2) is 6.03. The van der Waals surface area contributed by atoms with Crippen molar-refractivity contribution in [3.8, 4) is 10.8 Å². The molecule has 2 rings (SSSR count). The molecule has 0 spiro atoms. The average molecular weight is 284 g/mol. The van der Waals surface area contributed by atoms with Crippen LogP contribution in [-0.4, -0.2) is 27.9 Å². The van der Waals surface area contributed by atoms with E-state index in [-0.39, 0.29) is 0 Å². The van der Waals surface area contributed by atoms with Gasteiger partial charge in [-0.2, -0.15) is 11.8 Å². The number of thioether (sulfide) groups is 1. The zero-order valence-electron chi connectivity index (χ0n) is 9.41. The van der Waals surface area contributed by atoms with E-state index in [1.54, 1.807) is 6.26 Å². The van der Waals surface area contributed by atoms with E-state index in [0.717, 1.165) is 16.5 Å². The second-order valence-electron chi connectivity index (χ2n) is 3.58. The lowest BCUT2D eigenvalue weighted by Gasteiger charge is -2.03. The maximum Gasteiger partial charge on any atom is 0.321 e. The summed E-state index contributed by atoms with van der Waals surface area (Å²) < 4.78 is 5.25. The number of hydrogen-bond acceptors (Lipinski definition) is 6. The third-order valence-electron chi connectivity index (χ3n) is 2.15. The summed E-state index contributed by atoms with van der Waals surface area (Å²) >= 11 is 2.97. The van der Waals surface area contributed by atoms with Crippen molar-refractivity contribution in [2.24, 2.45) is 5.73 Å². The van der Waals surface area contributed by atoms with Gasteiger partial charge in [0.1, 0.15) is 6.04 Å². The Hall–Kier alpha value is -1.31. The van der Waals surface area contributed by atoms with Crippen LogP contribution in [0.25, 0.3) is 10.8 Å². The van der Waals surface area contributed by atoms with Gasteiger partial charge in [-0.15, -0.1) is 11.3 Å². The number of thiazole rings is 1. The zero-order chi connectivity index (χ0) is 13.0. The zero-order valence-corrected chi connectivity index (χ0v) is 11.0. The number of carboxylic acids is 1. The molecule has 0 amide bonds. The normalized spacial score (nSPS) is 12.5. The minimum atomic E-state index is -0.975. The Balaban J connectivity index is 1.86. The molecule has 0 fully saturated rings. The lowest BCUT2D eigenvalue weighted by molar-refractivity contribution is -0.137. The summed E-state index contributed by atoms with van der Waals surface area (Å²) in [6, 6.07) is 2.85. The Bertz CT molecular complexity index is 510. The standard InChI is InChI=1S/C11H12N2O3S2/c12-8(11(14)15)6-17-4-7-5-18-10(13-7)9-2-1-3-16-9/h1-3,5,8H,4,6,12H2,(H,14,15). The van der Waals surface area contributed by atoms with Crippen molar-refractivity contribution in [3.63, 3.8) is 0 Å². The summed E-state index contributed by atoms with van der Waals surface area (Å²) in [6.07, 6.45) is 1.61. The number of rotatable bonds is 6. The number of aromatic nitrogens is 1. The molecule has 0 saturated carbocycles. The highest BCUT2D eigenvalue weighted by Gasteiger charge is 2.12. The topological polar surface area (TPSA) is 89.4 Å². The lowest BCUT2D eigenvalue weighted by Crippen LogP contribution is -2.32. The maximum atomic E-state index is 10.5. The van der Waals surface area contributed by atoms with Crippen molar-refractivity contribution in [1.29, 1.82) is 0 Å². The monoisotopic (exact) mass is 284 g/mol. The molecule has 0 aliphatic rings. The van der Waals surface area contributed by atoms with Crippen molar-refractivity contribution < 1.29 is 14.3 Å². The average Bonchev–Trinajstić information content (AvgIpc) is 2.98. The van der Waals surface area contributed by atoms with E-state index in [9.17, 15) is 4.79 Å². The van der Waals surface area contributed by atoms with Crippen LogP contribution in [0.5, 0.6) is 0 Å². The maximum absolute atomic E-state index is 10.5. The van der Waals surface area contributed by atoms with Crippen molar-refractivity contribution >= 4 is 29.1 Å². The van der Waals surface area contributed by atoms with Gasteiger partial charge < -0.3 is 15.3 Å². The molecule has 18 heavy (non-hydrogen) atoms. The first-order valence-electron chi connectivity index (χ1n) is 5.21. The summed E-state index contributed by atoms with van der Waals surface area (Å²) in [5.41, 5.74) is 6.32. The Morgan fingerprint density at radius 1 is 1.67 bits per heavy atom. The second-order valence-corrected chi connectivity index (χ2v) is 5.47. The van der Waals surface area contributed by atoms with E-state index in [0.29, 0.717) is 11.5 Å². The minimum Gasteiger partial charge on any atom is -0.480 e. The Labute approximate surface area is 112 Å². The molecule has 0 bridgehead atoms. The first kappa shape index (κ1) is 13.1. The van der Waals surface area contributed by atoms with E-state index >= 15 is 0 Å². The van der Waals surface area contributed by atoms with E-state index in [1.807, 2.05) is 17.5 Å². The summed E-state index contributed by atoms with van der Waals surface area (Å²) in [7, 11) is 0. The van der Waals surface area contributed by atoms with Crippen LogP contribution in [0.3, 0.4) is 0 Å². The molecule has 96 valence electrons. The van der Waals surface area contributed by atoms with E-state index < -0.39 is 12.0 Å². The van der Waals surface area contributed by atoms with Gasteiger partial charge in [-0.3, -0.25) is 4.79 Å². The first-order chi connectivity index (χ1) is 8.66. The molecule has 0 aliphatic carbocycles. The summed E-state index contributed by atoms with van der Waals surface area (Å²) in [5, 5.41) is 11.4. The fourth-order valence-corrected chi connectivity index (χ4v) is 3.01. The van der Waals surface area contributed by atoms with Gasteiger partial charge in [0.2, 0.25) is 0 Å². The number of aliphatic carboxylic acids is 1. The van der Waals surface area contributed by atoms with Gasteiger partial charge >= 0.3 is 5.97 Å². The molecule has 0 saturated heterocycles. The third kappa shape index (κ3) is 3.34. The van der Waals surface area contributed by atoms with Crippen LogP contribution in [-0.2, 0) is 10.5 Å². The molecule has 2 heterocycles. The molecule has 1 atom stereocenters. The first-order valence-corrected chi connectivity index (χ1v) is 7.24. The summed E-state index contributed by atoms with van der Waals surface area (Å²) in [6.45, 7) is 0. The molecule has 2 aromatic heterocycles. The highest BCUT2D eigenvalue weighted by Crippen LogP contribution is 2.25. The van der Waals surface area contributed by atoms with Gasteiger partial charge in [0.05, 0.1) is 12.0 Å². The van der Waals surface area contributed by atoms with Crippen LogP contribution < -0.4 is 5.73 Å². The fraction of sp³-hybridized carbons (Fsp3) is 0.273. The van der Waals surface area contributed by atoms with E-state index in [1.165, 1.54) is 23.1 Å². The van der Waals surface area contributed by atoms with Gasteiger partial charge in [-0.05, 0) is 12.1 Å². The minimum absolute atomic E-state index is 0.378. The lowest BCUT2D eigenvalue weighted by atomic mass is 10.4. The highest BCUT2D eigenvalue weighted by atomic mass is 32.2. The van der Waals surface area contributed by atoms with Crippen LogP contribution in [0.1, 0.15) is 5.69 Å². The summed E-state index contributed by atoms with van der Waals surface area (Å²) in [5.74, 6) is 0.803. The molecular weight excluding hydrogens is 272 g/mol. The highest BCUT2D eigenvalue weighted by molar-refractivity contribution is 7.98. The molecule has 7 heteroatoms. The molecule has 0 aliphatic heterocycles. The van der Waals surface area contributed by atoms with E-state index in [2.05, 4.69) is 4.98 Å². The number of hydrogen-bond donors (Lipinski definition) is 2. The number of carbonyl (C=O) groups is 1. The van der Waals surface area contributed by atoms with Gasteiger partial charge in [0.25, 0.3) is 0 Å². The Morgan fingerprint density at radius 3 is 3.17 bits per heavy atom. The number of nitrogens with two attached hydrogens (primary N) is 1. The molecule has 0 radical (unpaired) electrons. The smallest absolute Gasteiger partial charge is 0.321 e. The third-order valence-corrected chi connectivity index (χ3v) is 4.15. The number of nitrogens with zero attached hydrogens (tertiary/aromatic N) is 1. The van der Waals surface area contributed by atoms with Crippen molar-refractivity contribution in [1.82, 2.24) is 4.98 Å². The number of carboxylic acid groups (broad SMARTS) is 1. The van der Waals surface area contributed by atoms with Crippen LogP contribution in [0.15, 0.2) is 28.2 Å². The van der Waals surface area contributed by atoms with Crippen molar-refractivity contribution in [3.05, 3.63) is 29.5 Å². The Kier molecular flexibility index (Phi) is 4.40. The van der Waals surface area contributed by atoms with Crippen LogP contribution in [0.4, 0.5) is 0 Å². The summed E-state index contributed by atoms with van der Waals surface area (Å²) in [4.78, 5) is 14.9. The van der Waals surface area contributed by atoms with Gasteiger partial charge in [-0.25, -0.2) is 4.98 Å². The fourth-order valence-electron chi connectivity index (χ4n) is 1.25. The molecule has 0 aromatic carbocycles. The van der Waals surface area contributed by atoms with Crippen molar-refractivity contribution in [2.45, 2.75) is 11.8 Å². The Morgan fingerprint density at radius 2 is 2.50 bits per heavy atom. The SMILES string of the molecule is NC(CSCc1csc(-c2ccco2)n1)C(=O)O. The molecule has 5 nitrogen and oxygen atoms in total. The van der Waals surface area contributed by atoms with Crippen LogP contribution >= 0.6 is 23.1 Å². The predicted octanol–water partition coefficient (Wildman–Crippen LogP) is 2.05. The van der Waals surface area contributed by atoms with Gasteiger partial charge in [-0.1, -0.05) is 0 Å². The molecular formula is C11H12N2O3S2. The van der Waals surface area contributed by atoms with Gasteiger partial charge in [0.15, 0.2) is 10.8 Å². The van der Waals surface area contributed by atoms with Crippen LogP contribution in [0, 0.1) is 0 Å². The van der Waals surface area contributed by atoms with Gasteiger partial charge in [0, 0.05) is 16.9 Å². The number of furan rings is 1. The predicted molar refractivity (Wildman–Crippen MR) is 71.6 cm³/mol. The van der Waals surface area contributed by atoms with E-state index in [4.69, 9.17) is 15.3 Å².